The molecule has 0 saturated heterocycles. The Morgan fingerprint density at radius 3 is 2.87 bits per heavy atom. The molecule has 76 valence electrons. The van der Waals surface area contributed by atoms with Crippen molar-refractivity contribution in [2.45, 2.75) is 13.1 Å². The van der Waals surface area contributed by atoms with Crippen LogP contribution in [0.5, 0.6) is 0 Å². The van der Waals surface area contributed by atoms with Crippen LogP contribution < -0.4 is 5.32 Å². The van der Waals surface area contributed by atoms with Crippen LogP contribution in [0.25, 0.3) is 5.57 Å². The lowest BCUT2D eigenvalue weighted by atomic mass is 10.0. The monoisotopic (exact) mass is 198 g/mol. The molecule has 0 saturated carbocycles. The van der Waals surface area contributed by atoms with E-state index in [0.717, 1.165) is 24.2 Å². The van der Waals surface area contributed by atoms with Crippen molar-refractivity contribution in [2.24, 2.45) is 0 Å². The van der Waals surface area contributed by atoms with Gasteiger partial charge in [0.1, 0.15) is 0 Å². The minimum atomic E-state index is 0.903. The Hall–Kier alpha value is -1.67. The van der Waals surface area contributed by atoms with Crippen LogP contribution in [0.15, 0.2) is 36.9 Å². The predicted octanol–water partition coefficient (Wildman–Crippen LogP) is 2.51. The minimum absolute atomic E-state index is 0.903. The van der Waals surface area contributed by atoms with Crippen molar-refractivity contribution in [3.63, 3.8) is 0 Å². The van der Waals surface area contributed by atoms with Gasteiger partial charge in [-0.15, -0.1) is 0 Å². The Labute approximate surface area is 89.8 Å². The van der Waals surface area contributed by atoms with Gasteiger partial charge in [-0.05, 0) is 28.3 Å². The number of hydrogen-bond acceptors (Lipinski definition) is 2. The van der Waals surface area contributed by atoms with Crippen molar-refractivity contribution in [1.82, 2.24) is 5.32 Å². The van der Waals surface area contributed by atoms with Crippen LogP contribution in [-0.4, -0.2) is 6.21 Å². The summed E-state index contributed by atoms with van der Waals surface area (Å²) in [5, 5.41) is 10.6. The van der Waals surface area contributed by atoms with Gasteiger partial charge in [0.15, 0.2) is 0 Å². The topological polar surface area (TPSA) is 35.9 Å². The normalized spacial score (nSPS) is 14.8. The maximum absolute atomic E-state index is 7.34. The lowest BCUT2D eigenvalue weighted by Crippen LogP contribution is -1.99. The van der Waals surface area contributed by atoms with E-state index in [4.69, 9.17) is 5.41 Å². The van der Waals surface area contributed by atoms with E-state index in [1.807, 2.05) is 6.08 Å². The van der Waals surface area contributed by atoms with Gasteiger partial charge < -0.3 is 10.7 Å². The first-order valence-corrected chi connectivity index (χ1v) is 5.01. The zero-order valence-electron chi connectivity index (χ0n) is 8.59. The molecule has 1 aromatic rings. The van der Waals surface area contributed by atoms with Gasteiger partial charge in [-0.3, -0.25) is 0 Å². The summed E-state index contributed by atoms with van der Waals surface area (Å²) < 4.78 is 0. The Morgan fingerprint density at radius 2 is 2.13 bits per heavy atom. The zero-order valence-corrected chi connectivity index (χ0v) is 8.59. The third-order valence-electron chi connectivity index (χ3n) is 2.62. The Balaban J connectivity index is 2.41. The van der Waals surface area contributed by atoms with Crippen molar-refractivity contribution in [2.75, 3.05) is 0 Å². The standard InChI is InChI=1S/C13H14N2/c1-2-3-11(7-14)10-4-5-12-8-15-9-13(12)6-10/h2-7,14-15H,1,8-9H2/b11-3+,14-7?. The first-order valence-electron chi connectivity index (χ1n) is 5.01. The maximum atomic E-state index is 7.34. The van der Waals surface area contributed by atoms with Crippen molar-refractivity contribution in [3.05, 3.63) is 53.6 Å². The van der Waals surface area contributed by atoms with Crippen molar-refractivity contribution >= 4 is 11.8 Å². The highest BCUT2D eigenvalue weighted by Gasteiger charge is 2.10. The number of hydrogen-bond donors (Lipinski definition) is 2. The SMILES string of the molecule is C=C/C=C(\C=N)c1ccc2c(c1)CNC2. The fraction of sp³-hybridized carbons (Fsp3) is 0.154. The first kappa shape index (κ1) is 9.87. The van der Waals surface area contributed by atoms with Gasteiger partial charge in [0.25, 0.3) is 0 Å². The fourth-order valence-corrected chi connectivity index (χ4v) is 1.83. The first-order chi connectivity index (χ1) is 7.35. The molecule has 0 spiro atoms. The molecule has 1 aliphatic heterocycles. The summed E-state index contributed by atoms with van der Waals surface area (Å²) in [7, 11) is 0. The van der Waals surface area contributed by atoms with Gasteiger partial charge in [-0.2, -0.15) is 0 Å². The lowest BCUT2D eigenvalue weighted by Gasteiger charge is -2.04. The zero-order chi connectivity index (χ0) is 10.7. The molecule has 0 fully saturated rings. The lowest BCUT2D eigenvalue weighted by molar-refractivity contribution is 0.765. The van der Waals surface area contributed by atoms with Crippen molar-refractivity contribution in [1.29, 1.82) is 5.41 Å². The van der Waals surface area contributed by atoms with Crippen LogP contribution in [0.4, 0.5) is 0 Å². The van der Waals surface area contributed by atoms with Crippen molar-refractivity contribution < 1.29 is 0 Å². The molecule has 2 heteroatoms. The van der Waals surface area contributed by atoms with Gasteiger partial charge >= 0.3 is 0 Å². The van der Waals surface area contributed by atoms with Crippen LogP contribution >= 0.6 is 0 Å². The Kier molecular flexibility index (Phi) is 2.79. The molecule has 1 aromatic carbocycles. The average Bonchev–Trinajstić information content (AvgIpc) is 2.72. The highest BCUT2D eigenvalue weighted by molar-refractivity contribution is 6.08. The van der Waals surface area contributed by atoms with E-state index in [1.165, 1.54) is 17.3 Å². The number of fused-ring (bicyclic) bond motifs is 1. The molecule has 2 rings (SSSR count). The second-order valence-electron chi connectivity index (χ2n) is 3.59. The number of nitrogens with one attached hydrogen (secondary N) is 2. The predicted molar refractivity (Wildman–Crippen MR) is 63.9 cm³/mol. The van der Waals surface area contributed by atoms with Crippen LogP contribution in [0.3, 0.4) is 0 Å². The number of rotatable bonds is 3. The summed E-state index contributed by atoms with van der Waals surface area (Å²) in [5.74, 6) is 0. The molecule has 0 atom stereocenters. The van der Waals surface area contributed by atoms with E-state index in [2.05, 4.69) is 30.1 Å². The highest BCUT2D eigenvalue weighted by atomic mass is 14.9. The summed E-state index contributed by atoms with van der Waals surface area (Å²) in [5.41, 5.74) is 4.69. The molecule has 15 heavy (non-hydrogen) atoms. The Morgan fingerprint density at radius 1 is 1.33 bits per heavy atom. The molecule has 1 heterocycles. The fourth-order valence-electron chi connectivity index (χ4n) is 1.83. The number of allylic oxidation sites excluding steroid dienone is 3. The molecule has 0 aromatic heterocycles. The molecular weight excluding hydrogens is 184 g/mol. The van der Waals surface area contributed by atoms with Gasteiger partial charge in [0.05, 0.1) is 0 Å². The third kappa shape index (κ3) is 1.90. The second kappa shape index (κ2) is 4.24. The summed E-state index contributed by atoms with van der Waals surface area (Å²) in [6.07, 6.45) is 4.94. The molecule has 0 unspecified atom stereocenters. The van der Waals surface area contributed by atoms with E-state index in [0.29, 0.717) is 0 Å². The molecule has 2 nitrogen and oxygen atoms in total. The van der Waals surface area contributed by atoms with Crippen molar-refractivity contribution in [3.8, 4) is 0 Å². The average molecular weight is 198 g/mol. The smallest absolute Gasteiger partial charge is 0.0256 e. The molecule has 0 aliphatic carbocycles. The summed E-state index contributed by atoms with van der Waals surface area (Å²) >= 11 is 0. The number of benzene rings is 1. The largest absolute Gasteiger partial charge is 0.309 e. The van der Waals surface area contributed by atoms with E-state index in [1.54, 1.807) is 6.08 Å². The highest BCUT2D eigenvalue weighted by Crippen LogP contribution is 2.21. The van der Waals surface area contributed by atoms with E-state index in [-0.39, 0.29) is 0 Å². The van der Waals surface area contributed by atoms with Crippen LogP contribution in [0, 0.1) is 5.41 Å². The van der Waals surface area contributed by atoms with Crippen LogP contribution in [0.1, 0.15) is 16.7 Å². The van der Waals surface area contributed by atoms with Gasteiger partial charge in [0.2, 0.25) is 0 Å². The van der Waals surface area contributed by atoms with Gasteiger partial charge in [-0.1, -0.05) is 30.9 Å². The molecule has 0 radical (unpaired) electrons. The van der Waals surface area contributed by atoms with E-state index in [9.17, 15) is 0 Å². The second-order valence-corrected chi connectivity index (χ2v) is 3.59. The molecule has 1 aliphatic rings. The summed E-state index contributed by atoms with van der Waals surface area (Å²) in [4.78, 5) is 0. The van der Waals surface area contributed by atoms with Crippen LogP contribution in [0.2, 0.25) is 0 Å². The molecular formula is C13H14N2. The van der Waals surface area contributed by atoms with Gasteiger partial charge in [0, 0.05) is 19.3 Å². The maximum Gasteiger partial charge on any atom is 0.0256 e. The summed E-state index contributed by atoms with van der Waals surface area (Å²) in [6, 6.07) is 6.34. The van der Waals surface area contributed by atoms with E-state index < -0.39 is 0 Å². The molecule has 2 N–H and O–H groups in total. The van der Waals surface area contributed by atoms with Gasteiger partial charge in [-0.25, -0.2) is 0 Å². The Bertz CT molecular complexity index is 430. The van der Waals surface area contributed by atoms with Crippen LogP contribution in [-0.2, 0) is 13.1 Å². The summed E-state index contributed by atoms with van der Waals surface area (Å²) in [6.45, 7) is 5.55. The van der Waals surface area contributed by atoms with E-state index >= 15 is 0 Å². The molecule has 0 bridgehead atoms. The minimum Gasteiger partial charge on any atom is -0.309 e. The third-order valence-corrected chi connectivity index (χ3v) is 2.62. The quantitative estimate of drug-likeness (QED) is 0.568. The molecule has 0 amide bonds.